The minimum Gasteiger partial charge on any atom is -0.356 e. The first kappa shape index (κ1) is 19.4. The number of aryl methyl sites for hydroxylation is 2. The Morgan fingerprint density at radius 1 is 1.00 bits per heavy atom. The molecule has 0 saturated heterocycles. The fraction of sp³-hybridized carbons (Fsp3) is 0.381. The van der Waals surface area contributed by atoms with E-state index in [1.54, 1.807) is 4.90 Å². The van der Waals surface area contributed by atoms with Gasteiger partial charge in [0.05, 0.1) is 19.6 Å². The Hall–Kier alpha value is -1.91. The third kappa shape index (κ3) is 5.55. The molecule has 0 unspecified atom stereocenters. The topological polar surface area (TPSA) is 28.5 Å². The van der Waals surface area contributed by atoms with Crippen molar-refractivity contribution in [2.24, 2.45) is 0 Å². The standard InChI is InChI=1S/C21H29N3S/c1-5-24(6-2)20(18-10-8-7-9-11-18)15-22-21(25)23-19-13-12-16(3)17(4)14-19/h7-14,20H,5-6,15H2,1-4H3,(H2,22,23,25)/p+1/t20-/m1/s1. The van der Waals surface area contributed by atoms with E-state index in [-0.39, 0.29) is 0 Å². The summed E-state index contributed by atoms with van der Waals surface area (Å²) in [6.45, 7) is 11.7. The monoisotopic (exact) mass is 356 g/mol. The smallest absolute Gasteiger partial charge is 0.171 e. The molecule has 0 radical (unpaired) electrons. The van der Waals surface area contributed by atoms with Gasteiger partial charge >= 0.3 is 0 Å². The van der Waals surface area contributed by atoms with Crippen LogP contribution >= 0.6 is 12.2 Å². The Morgan fingerprint density at radius 3 is 2.28 bits per heavy atom. The summed E-state index contributed by atoms with van der Waals surface area (Å²) in [5.41, 5.74) is 4.94. The first-order valence-corrected chi connectivity index (χ1v) is 9.47. The number of hydrogen-bond donors (Lipinski definition) is 3. The number of quaternary nitrogens is 1. The van der Waals surface area contributed by atoms with Gasteiger partial charge in [-0.3, -0.25) is 0 Å². The number of anilines is 1. The molecular formula is C21H30N3S+. The SMILES string of the molecule is CC[NH+](CC)[C@H](CNC(=S)Nc1ccc(C)c(C)c1)c1ccccc1. The van der Waals surface area contributed by atoms with Crippen molar-refractivity contribution in [1.82, 2.24) is 5.32 Å². The lowest BCUT2D eigenvalue weighted by molar-refractivity contribution is -0.927. The van der Waals surface area contributed by atoms with Gasteiger partial charge in [0.2, 0.25) is 0 Å². The predicted molar refractivity (Wildman–Crippen MR) is 111 cm³/mol. The van der Waals surface area contributed by atoms with Crippen LogP contribution in [0.4, 0.5) is 5.69 Å². The van der Waals surface area contributed by atoms with Gasteiger partial charge in [0.15, 0.2) is 5.11 Å². The van der Waals surface area contributed by atoms with Crippen molar-refractivity contribution in [3.05, 3.63) is 65.2 Å². The van der Waals surface area contributed by atoms with E-state index in [9.17, 15) is 0 Å². The van der Waals surface area contributed by atoms with E-state index < -0.39 is 0 Å². The van der Waals surface area contributed by atoms with Gasteiger partial charge in [-0.05, 0) is 63.2 Å². The molecule has 0 aliphatic rings. The minimum absolute atomic E-state index is 0.385. The zero-order chi connectivity index (χ0) is 18.2. The molecule has 2 aromatic carbocycles. The Balaban J connectivity index is 2.01. The molecule has 0 spiro atoms. The molecule has 25 heavy (non-hydrogen) atoms. The van der Waals surface area contributed by atoms with Crippen LogP contribution in [0.5, 0.6) is 0 Å². The molecule has 3 nitrogen and oxygen atoms in total. The van der Waals surface area contributed by atoms with Crippen molar-refractivity contribution in [3.63, 3.8) is 0 Å². The van der Waals surface area contributed by atoms with Gasteiger partial charge in [-0.15, -0.1) is 0 Å². The molecule has 0 heterocycles. The lowest BCUT2D eigenvalue weighted by atomic mass is 10.1. The summed E-state index contributed by atoms with van der Waals surface area (Å²) in [4.78, 5) is 1.55. The highest BCUT2D eigenvalue weighted by atomic mass is 32.1. The van der Waals surface area contributed by atoms with E-state index in [1.807, 2.05) is 0 Å². The van der Waals surface area contributed by atoms with Crippen molar-refractivity contribution in [1.29, 1.82) is 0 Å². The molecule has 3 N–H and O–H groups in total. The lowest BCUT2D eigenvalue weighted by Gasteiger charge is -2.27. The molecule has 134 valence electrons. The summed E-state index contributed by atoms with van der Waals surface area (Å²) >= 11 is 5.51. The molecule has 0 saturated carbocycles. The van der Waals surface area contributed by atoms with Crippen molar-refractivity contribution in [2.45, 2.75) is 33.7 Å². The van der Waals surface area contributed by atoms with E-state index in [1.165, 1.54) is 16.7 Å². The number of benzene rings is 2. The van der Waals surface area contributed by atoms with Gasteiger partial charge in [-0.2, -0.15) is 0 Å². The second kappa shape index (κ2) is 9.54. The van der Waals surface area contributed by atoms with Crippen molar-refractivity contribution < 1.29 is 4.90 Å². The summed E-state index contributed by atoms with van der Waals surface area (Å²) < 4.78 is 0. The summed E-state index contributed by atoms with van der Waals surface area (Å²) in [6, 6.07) is 17.4. The van der Waals surface area contributed by atoms with Crippen LogP contribution in [0.2, 0.25) is 0 Å². The molecule has 0 bridgehead atoms. The summed E-state index contributed by atoms with van der Waals surface area (Å²) in [5, 5.41) is 7.39. The molecule has 2 rings (SSSR count). The van der Waals surface area contributed by atoms with E-state index >= 15 is 0 Å². The van der Waals surface area contributed by atoms with E-state index in [2.05, 4.69) is 86.9 Å². The molecular weight excluding hydrogens is 326 g/mol. The maximum absolute atomic E-state index is 5.51. The highest BCUT2D eigenvalue weighted by Crippen LogP contribution is 2.14. The van der Waals surface area contributed by atoms with Gasteiger partial charge < -0.3 is 15.5 Å². The normalized spacial score (nSPS) is 12.0. The highest BCUT2D eigenvalue weighted by molar-refractivity contribution is 7.80. The zero-order valence-electron chi connectivity index (χ0n) is 15.7. The molecule has 4 heteroatoms. The maximum atomic E-state index is 5.51. The Morgan fingerprint density at radius 2 is 1.68 bits per heavy atom. The molecule has 2 aromatic rings. The highest BCUT2D eigenvalue weighted by Gasteiger charge is 2.21. The van der Waals surface area contributed by atoms with Gasteiger partial charge in [0, 0.05) is 11.3 Å². The van der Waals surface area contributed by atoms with Gasteiger partial charge in [0.25, 0.3) is 0 Å². The van der Waals surface area contributed by atoms with Crippen molar-refractivity contribution in [2.75, 3.05) is 25.0 Å². The fourth-order valence-corrected chi connectivity index (χ4v) is 3.32. The number of likely N-dealkylation sites (N-methyl/N-ethyl adjacent to an activating group) is 1. The van der Waals surface area contributed by atoms with Crippen LogP contribution in [0.3, 0.4) is 0 Å². The van der Waals surface area contributed by atoms with Crippen LogP contribution in [0.25, 0.3) is 0 Å². The first-order valence-electron chi connectivity index (χ1n) is 9.06. The predicted octanol–water partition coefficient (Wildman–Crippen LogP) is 3.26. The quantitative estimate of drug-likeness (QED) is 0.665. The molecule has 0 fully saturated rings. The molecule has 0 aromatic heterocycles. The number of rotatable bonds is 7. The maximum Gasteiger partial charge on any atom is 0.171 e. The molecule has 0 amide bonds. The second-order valence-corrected chi connectivity index (χ2v) is 6.87. The van der Waals surface area contributed by atoms with Crippen LogP contribution in [-0.2, 0) is 0 Å². The average Bonchev–Trinajstić information content (AvgIpc) is 2.62. The summed E-state index contributed by atoms with van der Waals surface area (Å²) in [5.74, 6) is 0. The van der Waals surface area contributed by atoms with E-state index in [4.69, 9.17) is 12.2 Å². The minimum atomic E-state index is 0.385. The van der Waals surface area contributed by atoms with E-state index in [0.29, 0.717) is 11.2 Å². The van der Waals surface area contributed by atoms with Crippen LogP contribution in [-0.4, -0.2) is 24.7 Å². The van der Waals surface area contributed by atoms with Crippen molar-refractivity contribution >= 4 is 23.0 Å². The second-order valence-electron chi connectivity index (χ2n) is 6.46. The third-order valence-electron chi connectivity index (χ3n) is 4.83. The summed E-state index contributed by atoms with van der Waals surface area (Å²) in [6.07, 6.45) is 0. The number of nitrogens with one attached hydrogen (secondary N) is 3. The molecule has 0 aliphatic heterocycles. The number of hydrogen-bond acceptors (Lipinski definition) is 1. The summed E-state index contributed by atoms with van der Waals surface area (Å²) in [7, 11) is 0. The molecule has 0 aliphatic carbocycles. The Labute approximate surface area is 157 Å². The third-order valence-corrected chi connectivity index (χ3v) is 5.08. The van der Waals surface area contributed by atoms with Crippen LogP contribution in [0.15, 0.2) is 48.5 Å². The first-order chi connectivity index (χ1) is 12.0. The van der Waals surface area contributed by atoms with Gasteiger partial charge in [-0.25, -0.2) is 0 Å². The zero-order valence-corrected chi connectivity index (χ0v) is 16.5. The largest absolute Gasteiger partial charge is 0.356 e. The van der Waals surface area contributed by atoms with Crippen LogP contribution in [0, 0.1) is 13.8 Å². The van der Waals surface area contributed by atoms with Crippen LogP contribution < -0.4 is 15.5 Å². The van der Waals surface area contributed by atoms with Gasteiger partial charge in [0.1, 0.15) is 6.04 Å². The Bertz CT molecular complexity index is 681. The number of thiocarbonyl (C=S) groups is 1. The lowest BCUT2D eigenvalue weighted by Crippen LogP contribution is -3.12. The van der Waals surface area contributed by atoms with E-state index in [0.717, 1.165) is 25.3 Å². The average molecular weight is 357 g/mol. The van der Waals surface area contributed by atoms with Crippen LogP contribution in [0.1, 0.15) is 36.6 Å². The van der Waals surface area contributed by atoms with Gasteiger partial charge in [-0.1, -0.05) is 36.4 Å². The molecule has 1 atom stereocenters. The Kier molecular flexibility index (Phi) is 7.41. The fourth-order valence-electron chi connectivity index (χ4n) is 3.12. The van der Waals surface area contributed by atoms with Crippen molar-refractivity contribution in [3.8, 4) is 0 Å².